The lowest BCUT2D eigenvalue weighted by Crippen LogP contribution is -2.57. The van der Waals surface area contributed by atoms with Crippen LogP contribution in [0.3, 0.4) is 0 Å². The predicted molar refractivity (Wildman–Crippen MR) is 129 cm³/mol. The highest BCUT2D eigenvalue weighted by molar-refractivity contribution is 5.66. The maximum absolute atomic E-state index is 11.6. The summed E-state index contributed by atoms with van der Waals surface area (Å²) >= 11 is 0. The van der Waals surface area contributed by atoms with Gasteiger partial charge < -0.3 is 9.47 Å². The number of esters is 1. The van der Waals surface area contributed by atoms with E-state index in [4.69, 9.17) is 9.47 Å². The van der Waals surface area contributed by atoms with E-state index in [-0.39, 0.29) is 17.8 Å². The van der Waals surface area contributed by atoms with Gasteiger partial charge in [0.1, 0.15) is 11.8 Å². The van der Waals surface area contributed by atoms with Crippen molar-refractivity contribution in [3.63, 3.8) is 0 Å². The second kappa shape index (κ2) is 7.69. The van der Waals surface area contributed by atoms with Crippen molar-refractivity contribution in [2.45, 2.75) is 117 Å². The minimum absolute atomic E-state index is 0.0502. The van der Waals surface area contributed by atoms with Gasteiger partial charge in [-0.1, -0.05) is 27.7 Å². The van der Waals surface area contributed by atoms with Gasteiger partial charge in [0, 0.05) is 19.4 Å². The highest BCUT2D eigenvalue weighted by atomic mass is 16.5. The summed E-state index contributed by atoms with van der Waals surface area (Å²) < 4.78 is 12.7. The first-order chi connectivity index (χ1) is 15.7. The van der Waals surface area contributed by atoms with Gasteiger partial charge in [-0.05, 0) is 111 Å². The van der Waals surface area contributed by atoms with E-state index in [2.05, 4.69) is 33.0 Å². The first kappa shape index (κ1) is 22.8. The van der Waals surface area contributed by atoms with Crippen molar-refractivity contribution in [1.29, 1.82) is 0 Å². The van der Waals surface area contributed by atoms with E-state index in [1.165, 1.54) is 51.4 Å². The number of carbonyl (C=O) groups is 1. The average Bonchev–Trinajstić information content (AvgIpc) is 3.21. The van der Waals surface area contributed by atoms with E-state index in [9.17, 15) is 4.79 Å². The first-order valence-electron chi connectivity index (χ1n) is 14.3. The van der Waals surface area contributed by atoms with Crippen LogP contribution in [0.25, 0.3) is 0 Å². The smallest absolute Gasteiger partial charge is 0.302 e. The van der Waals surface area contributed by atoms with E-state index < -0.39 is 0 Å². The van der Waals surface area contributed by atoms with Crippen LogP contribution in [0.1, 0.15) is 98.8 Å². The number of ether oxygens (including phenoxy) is 2. The first-order valence-corrected chi connectivity index (χ1v) is 14.3. The second-order valence-electron chi connectivity index (χ2n) is 13.8. The van der Waals surface area contributed by atoms with Crippen LogP contribution in [0.2, 0.25) is 0 Å². The van der Waals surface area contributed by atoms with Crippen LogP contribution in [0, 0.1) is 52.3 Å². The highest BCUT2D eigenvalue weighted by Crippen LogP contribution is 2.71. The third-order valence-corrected chi connectivity index (χ3v) is 12.4. The van der Waals surface area contributed by atoms with Gasteiger partial charge in [0.25, 0.3) is 0 Å². The third kappa shape index (κ3) is 3.25. The molecule has 0 bridgehead atoms. The zero-order valence-electron chi connectivity index (χ0n) is 21.7. The highest BCUT2D eigenvalue weighted by Gasteiger charge is 2.68. The fourth-order valence-electron chi connectivity index (χ4n) is 10.8. The molecule has 0 amide bonds. The summed E-state index contributed by atoms with van der Waals surface area (Å²) in [4.78, 5) is 11.6. The molecule has 2 saturated heterocycles. The predicted octanol–water partition coefficient (Wildman–Crippen LogP) is 5.94. The standard InChI is InChI=1S/C29H47NO3/c1-17-8-13-29(30-16-17)18(2)26-25(33-29)15-24-22-7-6-20-14-21(32-19(3)31)9-11-27(20,4)23(22)10-12-28(24,26)5/h17-18,20-26,30H,6-16H2,1-5H3/t17?,18?,20-,21+,22?,23?,24?,25?,26?,27-,28-,29?/m0/s1. The van der Waals surface area contributed by atoms with Crippen molar-refractivity contribution >= 4 is 5.97 Å². The van der Waals surface area contributed by atoms with E-state index >= 15 is 0 Å². The number of rotatable bonds is 1. The summed E-state index contributed by atoms with van der Waals surface area (Å²) in [6.45, 7) is 12.8. The maximum Gasteiger partial charge on any atom is 0.302 e. The lowest BCUT2D eigenvalue weighted by molar-refractivity contribution is -0.162. The Hall–Kier alpha value is -0.610. The van der Waals surface area contributed by atoms with Crippen LogP contribution in [-0.2, 0) is 14.3 Å². The third-order valence-electron chi connectivity index (χ3n) is 12.4. The molecule has 12 atom stereocenters. The van der Waals surface area contributed by atoms with Crippen molar-refractivity contribution in [1.82, 2.24) is 5.32 Å². The van der Waals surface area contributed by atoms with Crippen LogP contribution in [-0.4, -0.2) is 30.4 Å². The second-order valence-corrected chi connectivity index (χ2v) is 13.8. The molecule has 6 aliphatic rings. The van der Waals surface area contributed by atoms with Crippen molar-refractivity contribution in [3.05, 3.63) is 0 Å². The van der Waals surface area contributed by atoms with Crippen LogP contribution in [0.4, 0.5) is 0 Å². The monoisotopic (exact) mass is 457 g/mol. The Morgan fingerprint density at radius 2 is 1.73 bits per heavy atom. The van der Waals surface area contributed by atoms with Gasteiger partial charge in [-0.3, -0.25) is 10.1 Å². The van der Waals surface area contributed by atoms with E-state index in [0.717, 1.165) is 54.9 Å². The zero-order valence-corrected chi connectivity index (χ0v) is 21.7. The van der Waals surface area contributed by atoms with Crippen LogP contribution in [0.15, 0.2) is 0 Å². The lowest BCUT2D eigenvalue weighted by Gasteiger charge is -2.61. The number of piperidine rings is 1. The van der Waals surface area contributed by atoms with Crippen molar-refractivity contribution in [3.8, 4) is 0 Å². The molecular weight excluding hydrogens is 410 g/mol. The Bertz CT molecular complexity index is 790. The Balaban J connectivity index is 1.21. The average molecular weight is 458 g/mol. The fourth-order valence-corrected chi connectivity index (χ4v) is 10.8. The molecule has 186 valence electrons. The zero-order chi connectivity index (χ0) is 23.2. The molecule has 4 saturated carbocycles. The number of fused-ring (bicyclic) bond motifs is 7. The molecule has 0 radical (unpaired) electrons. The molecule has 0 aromatic heterocycles. The lowest BCUT2D eigenvalue weighted by atomic mass is 9.44. The molecule has 0 aromatic carbocycles. The summed E-state index contributed by atoms with van der Waals surface area (Å²) in [6.07, 6.45) is 13.3. The Kier molecular flexibility index (Phi) is 5.32. The van der Waals surface area contributed by atoms with Gasteiger partial charge in [-0.25, -0.2) is 0 Å². The van der Waals surface area contributed by atoms with Crippen LogP contribution in [0.5, 0.6) is 0 Å². The summed E-state index contributed by atoms with van der Waals surface area (Å²) in [5.74, 6) is 5.29. The molecule has 8 unspecified atom stereocenters. The molecule has 4 heteroatoms. The SMILES string of the molecule is CC(=O)O[C@@H]1CC[C@]2(C)C3CC[C@@]4(C)C(CC5OC6(CCC(C)CN6)C(C)C54)C3CC[C@H]2C1. The summed E-state index contributed by atoms with van der Waals surface area (Å²) in [6, 6.07) is 0. The van der Waals surface area contributed by atoms with Crippen LogP contribution >= 0.6 is 0 Å². The Morgan fingerprint density at radius 3 is 2.45 bits per heavy atom. The van der Waals surface area contributed by atoms with Crippen molar-refractivity contribution in [2.75, 3.05) is 6.54 Å². The molecule has 4 aliphatic carbocycles. The molecule has 6 fully saturated rings. The quantitative estimate of drug-likeness (QED) is 0.495. The summed E-state index contributed by atoms with van der Waals surface area (Å²) in [5.41, 5.74) is 0.830. The molecule has 1 spiro atoms. The normalized spacial score (nSPS) is 57.7. The molecular formula is C29H47NO3. The number of nitrogens with one attached hydrogen (secondary N) is 1. The van der Waals surface area contributed by atoms with Gasteiger partial charge >= 0.3 is 5.97 Å². The summed E-state index contributed by atoms with van der Waals surface area (Å²) in [5, 5.41) is 3.89. The topological polar surface area (TPSA) is 47.6 Å². The molecule has 1 N–H and O–H groups in total. The van der Waals surface area contributed by atoms with E-state index in [1.54, 1.807) is 6.92 Å². The Labute approximate surface area is 201 Å². The van der Waals surface area contributed by atoms with Crippen molar-refractivity contribution in [2.24, 2.45) is 52.3 Å². The largest absolute Gasteiger partial charge is 0.463 e. The number of hydrogen-bond acceptors (Lipinski definition) is 4. The molecule has 2 heterocycles. The van der Waals surface area contributed by atoms with E-state index in [0.29, 0.717) is 22.9 Å². The number of carbonyl (C=O) groups excluding carboxylic acids is 1. The maximum atomic E-state index is 11.6. The molecule has 0 aromatic rings. The van der Waals surface area contributed by atoms with Gasteiger partial charge in [-0.15, -0.1) is 0 Å². The molecule has 6 rings (SSSR count). The molecule has 2 aliphatic heterocycles. The van der Waals surface area contributed by atoms with Gasteiger partial charge in [-0.2, -0.15) is 0 Å². The van der Waals surface area contributed by atoms with Gasteiger partial charge in [0.15, 0.2) is 0 Å². The van der Waals surface area contributed by atoms with Crippen molar-refractivity contribution < 1.29 is 14.3 Å². The fraction of sp³-hybridized carbons (Fsp3) is 0.966. The minimum atomic E-state index is -0.1000. The molecule has 33 heavy (non-hydrogen) atoms. The summed E-state index contributed by atoms with van der Waals surface area (Å²) in [7, 11) is 0. The van der Waals surface area contributed by atoms with Gasteiger partial charge in [0.05, 0.1) is 6.10 Å². The van der Waals surface area contributed by atoms with Crippen LogP contribution < -0.4 is 5.32 Å². The van der Waals surface area contributed by atoms with E-state index in [1.807, 2.05) is 0 Å². The van der Waals surface area contributed by atoms with Gasteiger partial charge in [0.2, 0.25) is 0 Å². The minimum Gasteiger partial charge on any atom is -0.463 e. The Morgan fingerprint density at radius 1 is 0.939 bits per heavy atom. The number of hydrogen-bond donors (Lipinski definition) is 1. The molecule has 4 nitrogen and oxygen atoms in total.